The summed E-state index contributed by atoms with van der Waals surface area (Å²) < 4.78 is 28.3. The molecule has 2 heterocycles. The van der Waals surface area contributed by atoms with Crippen molar-refractivity contribution in [2.45, 2.75) is 30.7 Å². The number of phenols is 5. The van der Waals surface area contributed by atoms with Crippen molar-refractivity contribution in [3.8, 4) is 45.8 Å². The first-order chi connectivity index (χ1) is 25.9. The molecule has 0 aliphatic carbocycles. The summed E-state index contributed by atoms with van der Waals surface area (Å²) >= 11 is 0. The van der Waals surface area contributed by atoms with Gasteiger partial charge in [-0.2, -0.15) is 0 Å². The molecular weight excluding hydrogens is 708 g/mol. The highest BCUT2D eigenvalue weighted by Gasteiger charge is 2.49. The number of rotatable bonds is 10. The van der Waals surface area contributed by atoms with Crippen LogP contribution in [0.4, 0.5) is 0 Å². The molecule has 5 unspecified atom stereocenters. The first kappa shape index (κ1) is 37.0. The summed E-state index contributed by atoms with van der Waals surface area (Å²) in [6.45, 7) is -0.666. The Kier molecular flexibility index (Phi) is 10.8. The predicted octanol–water partition coefficient (Wildman–Crippen LogP) is 3.70. The second-order valence-corrected chi connectivity index (χ2v) is 12.0. The maximum absolute atomic E-state index is 13.9. The zero-order chi connectivity index (χ0) is 38.5. The molecule has 0 radical (unpaired) electrons. The number of esters is 2. The first-order valence-electron chi connectivity index (χ1n) is 16.2. The monoisotopic (exact) mass is 740 g/mol. The molecule has 278 valence electrons. The minimum Gasteiger partial charge on any atom is -0.508 e. The van der Waals surface area contributed by atoms with Gasteiger partial charge in [-0.25, -0.2) is 9.59 Å². The van der Waals surface area contributed by atoms with Gasteiger partial charge in [-0.05, 0) is 71.8 Å². The Morgan fingerprint density at radius 1 is 0.704 bits per heavy atom. The summed E-state index contributed by atoms with van der Waals surface area (Å²) in [5.41, 5.74) is 0.00793. The van der Waals surface area contributed by atoms with Crippen LogP contribution in [0.15, 0.2) is 106 Å². The Hall–Kier alpha value is -6.81. The Morgan fingerprint density at radius 3 is 1.85 bits per heavy atom. The van der Waals surface area contributed by atoms with E-state index in [-0.39, 0.29) is 34.2 Å². The van der Waals surface area contributed by atoms with Crippen LogP contribution in [0.1, 0.15) is 11.1 Å². The molecule has 1 aliphatic rings. The highest BCUT2D eigenvalue weighted by Crippen LogP contribution is 2.38. The molecule has 1 aliphatic heterocycles. The van der Waals surface area contributed by atoms with E-state index < -0.39 is 77.3 Å². The van der Waals surface area contributed by atoms with Crippen molar-refractivity contribution in [3.05, 3.63) is 118 Å². The lowest BCUT2D eigenvalue weighted by Gasteiger charge is -2.41. The lowest BCUT2D eigenvalue weighted by atomic mass is 9.98. The van der Waals surface area contributed by atoms with Gasteiger partial charge in [0.1, 0.15) is 58.5 Å². The summed E-state index contributed by atoms with van der Waals surface area (Å²) in [4.78, 5) is 39.5. The Morgan fingerprint density at radius 2 is 1.26 bits per heavy atom. The van der Waals surface area contributed by atoms with Crippen molar-refractivity contribution in [2.24, 2.45) is 0 Å². The van der Waals surface area contributed by atoms with E-state index in [1.54, 1.807) is 12.1 Å². The Balaban J connectivity index is 1.32. The van der Waals surface area contributed by atoms with E-state index in [2.05, 4.69) is 0 Å². The van der Waals surface area contributed by atoms with Gasteiger partial charge in [-0.15, -0.1) is 0 Å². The third kappa shape index (κ3) is 8.45. The predicted molar refractivity (Wildman–Crippen MR) is 189 cm³/mol. The van der Waals surface area contributed by atoms with Crippen molar-refractivity contribution >= 4 is 35.1 Å². The van der Waals surface area contributed by atoms with Crippen LogP contribution in [-0.4, -0.2) is 85.0 Å². The maximum atomic E-state index is 13.9. The van der Waals surface area contributed by atoms with E-state index in [0.717, 1.165) is 24.3 Å². The molecule has 1 fully saturated rings. The van der Waals surface area contributed by atoms with Crippen LogP contribution in [0.5, 0.6) is 34.5 Å². The summed E-state index contributed by atoms with van der Waals surface area (Å²) in [6.07, 6.45) is -4.24. The molecule has 0 amide bonds. The molecule has 15 nitrogen and oxygen atoms in total. The van der Waals surface area contributed by atoms with E-state index in [0.29, 0.717) is 11.1 Å². The van der Waals surface area contributed by atoms with Crippen LogP contribution in [0, 0.1) is 0 Å². The summed E-state index contributed by atoms with van der Waals surface area (Å²) in [7, 11) is 0. The number of aliphatic hydroxyl groups excluding tert-OH is 2. The van der Waals surface area contributed by atoms with Crippen molar-refractivity contribution in [1.29, 1.82) is 0 Å². The first-order valence-corrected chi connectivity index (χ1v) is 16.2. The van der Waals surface area contributed by atoms with Crippen molar-refractivity contribution < 1.29 is 68.7 Å². The Bertz CT molecular complexity index is 2260. The number of fused-ring (bicyclic) bond motifs is 1. The van der Waals surface area contributed by atoms with Gasteiger partial charge < -0.3 is 59.1 Å². The van der Waals surface area contributed by atoms with Gasteiger partial charge in [-0.1, -0.05) is 24.3 Å². The third-order valence-corrected chi connectivity index (χ3v) is 8.18. The van der Waals surface area contributed by atoms with Gasteiger partial charge >= 0.3 is 11.9 Å². The number of carbonyl (C=O) groups is 2. The minimum atomic E-state index is -2.00. The lowest BCUT2D eigenvalue weighted by molar-refractivity contribution is -0.281. The largest absolute Gasteiger partial charge is 0.508 e. The molecular formula is C39H32O15. The molecule has 0 saturated carbocycles. The molecule has 4 aromatic carbocycles. The smallest absolute Gasteiger partial charge is 0.331 e. The number of hydrogen-bond donors (Lipinski definition) is 7. The highest BCUT2D eigenvalue weighted by molar-refractivity contribution is 5.89. The van der Waals surface area contributed by atoms with Crippen LogP contribution in [0.25, 0.3) is 34.4 Å². The van der Waals surface area contributed by atoms with E-state index in [1.807, 2.05) is 0 Å². The number of aromatic hydroxyl groups is 5. The summed E-state index contributed by atoms with van der Waals surface area (Å²) in [5, 5.41) is 71.7. The van der Waals surface area contributed by atoms with Crippen molar-refractivity contribution in [2.75, 3.05) is 6.61 Å². The fraction of sp³-hybridized carbons (Fsp3) is 0.154. The molecule has 1 aromatic heterocycles. The van der Waals surface area contributed by atoms with Gasteiger partial charge in [0, 0.05) is 29.8 Å². The van der Waals surface area contributed by atoms with Gasteiger partial charge in [0.25, 0.3) is 0 Å². The fourth-order valence-electron chi connectivity index (χ4n) is 5.46. The fourth-order valence-corrected chi connectivity index (χ4v) is 5.46. The Labute approximate surface area is 305 Å². The molecule has 1 saturated heterocycles. The van der Waals surface area contributed by atoms with E-state index in [1.165, 1.54) is 72.8 Å². The van der Waals surface area contributed by atoms with Gasteiger partial charge in [0.05, 0.1) is 0 Å². The van der Waals surface area contributed by atoms with Crippen molar-refractivity contribution in [3.63, 3.8) is 0 Å². The molecule has 0 spiro atoms. The number of phenolic OH excluding ortho intramolecular Hbond substituents is 5. The van der Waals surface area contributed by atoms with Crippen LogP contribution < -0.4 is 10.2 Å². The molecule has 5 atom stereocenters. The van der Waals surface area contributed by atoms with Gasteiger partial charge in [-0.3, -0.25) is 4.79 Å². The second kappa shape index (κ2) is 15.8. The topological polar surface area (TPSA) is 243 Å². The zero-order valence-electron chi connectivity index (χ0n) is 27.9. The summed E-state index contributed by atoms with van der Waals surface area (Å²) in [5.74, 6) is -4.01. The van der Waals surface area contributed by atoms with Gasteiger partial charge in [0.2, 0.25) is 17.5 Å². The molecule has 6 rings (SSSR count). The quantitative estimate of drug-likeness (QED) is 0.0798. The van der Waals surface area contributed by atoms with Gasteiger partial charge in [0.15, 0.2) is 18.0 Å². The number of hydrogen-bond acceptors (Lipinski definition) is 15. The number of aliphatic hydroxyl groups is 2. The number of benzene rings is 4. The summed E-state index contributed by atoms with van der Waals surface area (Å²) in [6, 6.07) is 19.0. The highest BCUT2D eigenvalue weighted by atomic mass is 16.7. The van der Waals surface area contributed by atoms with E-state index >= 15 is 0 Å². The van der Waals surface area contributed by atoms with Crippen LogP contribution in [-0.2, 0) is 23.8 Å². The lowest BCUT2D eigenvalue weighted by Crippen LogP contribution is -2.61. The maximum Gasteiger partial charge on any atom is 0.331 e. The SMILES string of the molecule is O=C(/C=C/c1ccc(O)cc1)OCC1OC(Oc2c(-c3ccc(O)cc3)oc3cc(O)cc(O)c3c2=O)C(O)C(OC(=O)/C=C/c2ccc(O)cc2)C1O. The van der Waals surface area contributed by atoms with Crippen LogP contribution in [0.3, 0.4) is 0 Å². The average molecular weight is 741 g/mol. The average Bonchev–Trinajstić information content (AvgIpc) is 3.14. The third-order valence-electron chi connectivity index (χ3n) is 8.18. The minimum absolute atomic E-state index is 0.000756. The van der Waals surface area contributed by atoms with Crippen LogP contribution in [0.2, 0.25) is 0 Å². The van der Waals surface area contributed by atoms with E-state index in [4.69, 9.17) is 23.4 Å². The molecule has 0 bridgehead atoms. The normalized spacial score (nSPS) is 19.9. The second-order valence-electron chi connectivity index (χ2n) is 12.0. The molecule has 15 heteroatoms. The van der Waals surface area contributed by atoms with Crippen molar-refractivity contribution in [1.82, 2.24) is 0 Å². The van der Waals surface area contributed by atoms with Crippen LogP contribution >= 0.6 is 0 Å². The molecule has 54 heavy (non-hydrogen) atoms. The van der Waals surface area contributed by atoms with E-state index in [9.17, 15) is 50.1 Å². The zero-order valence-corrected chi connectivity index (χ0v) is 27.9. The number of ether oxygens (including phenoxy) is 4. The number of carbonyl (C=O) groups excluding carboxylic acids is 2. The molecule has 7 N–H and O–H groups in total. The standard InChI is InChI=1S/C39H32O15/c40-23-9-1-20(2-10-23)5-15-30(45)50-19-29-33(47)37(53-31(46)16-6-21-3-11-24(41)12-4-21)35(49)39(52-29)54-38-34(48)32-27(44)17-26(43)18-28(32)51-36(38)22-7-13-25(42)14-8-22/h1-18,29,33,35,37,39-44,47,49H,19H2/b15-5+,16-6+. The molecule has 5 aromatic rings.